The molecular weight excluding hydrogens is 242 g/mol. The van der Waals surface area contributed by atoms with E-state index in [0.717, 1.165) is 16.9 Å². The van der Waals surface area contributed by atoms with Gasteiger partial charge in [-0.05, 0) is 31.2 Å². The van der Waals surface area contributed by atoms with Crippen LogP contribution >= 0.6 is 0 Å². The Bertz CT molecular complexity index is 538. The molecule has 4 nitrogen and oxygen atoms in total. The summed E-state index contributed by atoms with van der Waals surface area (Å²) in [5.41, 5.74) is 2.78. The van der Waals surface area contributed by atoms with Gasteiger partial charge in [-0.1, -0.05) is 11.6 Å². The fourth-order valence-electron chi connectivity index (χ4n) is 1.77. The van der Waals surface area contributed by atoms with E-state index in [2.05, 4.69) is 4.98 Å². The number of aryl methyl sites for hydroxylation is 1. The van der Waals surface area contributed by atoms with E-state index in [1.54, 1.807) is 25.4 Å². The van der Waals surface area contributed by atoms with E-state index in [4.69, 9.17) is 14.6 Å². The zero-order valence-corrected chi connectivity index (χ0v) is 11.1. The van der Waals surface area contributed by atoms with Gasteiger partial charge in [0, 0.05) is 5.56 Å². The molecule has 0 amide bonds. The first-order valence-electron chi connectivity index (χ1n) is 6.05. The number of hydrogen-bond donors (Lipinski definition) is 1. The molecule has 0 saturated carbocycles. The molecule has 0 aliphatic carbocycles. The van der Waals surface area contributed by atoms with Crippen molar-refractivity contribution in [3.05, 3.63) is 53.3 Å². The van der Waals surface area contributed by atoms with E-state index in [1.165, 1.54) is 0 Å². The SMILES string of the molecule is COc1ccc(C)cc1COc1ccc(CO)nc1. The highest BCUT2D eigenvalue weighted by Crippen LogP contribution is 2.21. The van der Waals surface area contributed by atoms with Crippen molar-refractivity contribution < 1.29 is 14.6 Å². The maximum Gasteiger partial charge on any atom is 0.138 e. The summed E-state index contributed by atoms with van der Waals surface area (Å²) in [5.74, 6) is 1.48. The molecule has 1 N–H and O–H groups in total. The lowest BCUT2D eigenvalue weighted by Gasteiger charge is -2.11. The molecule has 1 aromatic heterocycles. The molecule has 0 aliphatic heterocycles. The Hall–Kier alpha value is -2.07. The second kappa shape index (κ2) is 6.20. The summed E-state index contributed by atoms with van der Waals surface area (Å²) in [4.78, 5) is 4.06. The molecule has 0 aliphatic rings. The van der Waals surface area contributed by atoms with Gasteiger partial charge in [0.1, 0.15) is 18.1 Å². The second-order valence-corrected chi connectivity index (χ2v) is 4.25. The number of ether oxygens (including phenoxy) is 2. The van der Waals surface area contributed by atoms with Crippen molar-refractivity contribution in [3.63, 3.8) is 0 Å². The Kier molecular flexibility index (Phi) is 4.36. The standard InChI is InChI=1S/C15H17NO3/c1-11-3-6-15(18-2)12(7-11)10-19-14-5-4-13(9-17)16-8-14/h3-8,17H,9-10H2,1-2H3. The highest BCUT2D eigenvalue weighted by molar-refractivity contribution is 5.36. The predicted octanol–water partition coefficient (Wildman–Crippen LogP) is 2.47. The van der Waals surface area contributed by atoms with Crippen LogP contribution < -0.4 is 9.47 Å². The highest BCUT2D eigenvalue weighted by Gasteiger charge is 2.04. The first-order chi connectivity index (χ1) is 9.22. The Balaban J connectivity index is 2.07. The van der Waals surface area contributed by atoms with E-state index in [0.29, 0.717) is 18.1 Å². The van der Waals surface area contributed by atoms with Crippen LogP contribution in [0.3, 0.4) is 0 Å². The third kappa shape index (κ3) is 3.45. The zero-order chi connectivity index (χ0) is 13.7. The van der Waals surface area contributed by atoms with Gasteiger partial charge in [0.15, 0.2) is 0 Å². The van der Waals surface area contributed by atoms with Gasteiger partial charge >= 0.3 is 0 Å². The van der Waals surface area contributed by atoms with Crippen LogP contribution in [0.2, 0.25) is 0 Å². The highest BCUT2D eigenvalue weighted by atomic mass is 16.5. The smallest absolute Gasteiger partial charge is 0.138 e. The number of rotatable bonds is 5. The van der Waals surface area contributed by atoms with Crippen molar-refractivity contribution in [3.8, 4) is 11.5 Å². The van der Waals surface area contributed by atoms with Gasteiger partial charge in [-0.3, -0.25) is 4.98 Å². The van der Waals surface area contributed by atoms with Crippen molar-refractivity contribution in [2.45, 2.75) is 20.1 Å². The summed E-state index contributed by atoms with van der Waals surface area (Å²) in [6, 6.07) is 9.50. The number of nitrogens with zero attached hydrogens (tertiary/aromatic N) is 1. The lowest BCUT2D eigenvalue weighted by Crippen LogP contribution is -2.00. The molecular formula is C15H17NO3. The lowest BCUT2D eigenvalue weighted by molar-refractivity contribution is 0.274. The van der Waals surface area contributed by atoms with Crippen LogP contribution in [-0.4, -0.2) is 17.2 Å². The summed E-state index contributed by atoms with van der Waals surface area (Å²) in [6.07, 6.45) is 1.60. The zero-order valence-electron chi connectivity index (χ0n) is 11.1. The van der Waals surface area contributed by atoms with Gasteiger partial charge in [0.2, 0.25) is 0 Å². The molecule has 4 heteroatoms. The summed E-state index contributed by atoms with van der Waals surface area (Å²) >= 11 is 0. The van der Waals surface area contributed by atoms with Crippen molar-refractivity contribution in [2.75, 3.05) is 7.11 Å². The number of pyridine rings is 1. The quantitative estimate of drug-likeness (QED) is 0.896. The molecule has 1 heterocycles. The number of aliphatic hydroxyl groups is 1. The van der Waals surface area contributed by atoms with Gasteiger partial charge in [-0.2, -0.15) is 0 Å². The Morgan fingerprint density at radius 2 is 2.05 bits per heavy atom. The minimum atomic E-state index is -0.0635. The summed E-state index contributed by atoms with van der Waals surface area (Å²) in [6.45, 7) is 2.39. The monoisotopic (exact) mass is 259 g/mol. The maximum atomic E-state index is 8.92. The molecule has 0 atom stereocenters. The van der Waals surface area contributed by atoms with Gasteiger partial charge in [0.05, 0.1) is 25.6 Å². The van der Waals surface area contributed by atoms with E-state index in [1.807, 2.05) is 25.1 Å². The Morgan fingerprint density at radius 3 is 2.68 bits per heavy atom. The molecule has 100 valence electrons. The van der Waals surface area contributed by atoms with Crippen LogP contribution in [0, 0.1) is 6.92 Å². The fourth-order valence-corrected chi connectivity index (χ4v) is 1.77. The molecule has 19 heavy (non-hydrogen) atoms. The minimum absolute atomic E-state index is 0.0635. The normalized spacial score (nSPS) is 10.3. The van der Waals surface area contributed by atoms with Crippen molar-refractivity contribution in [1.82, 2.24) is 4.98 Å². The Labute approximate surface area is 112 Å². The first-order valence-corrected chi connectivity index (χ1v) is 6.05. The summed E-state index contributed by atoms with van der Waals surface area (Å²) < 4.78 is 11.0. The minimum Gasteiger partial charge on any atom is -0.496 e. The van der Waals surface area contributed by atoms with Crippen molar-refractivity contribution in [2.24, 2.45) is 0 Å². The molecule has 0 fully saturated rings. The van der Waals surface area contributed by atoms with Crippen LogP contribution in [0.5, 0.6) is 11.5 Å². The third-order valence-corrected chi connectivity index (χ3v) is 2.79. The molecule has 0 bridgehead atoms. The van der Waals surface area contributed by atoms with Gasteiger partial charge in [-0.25, -0.2) is 0 Å². The molecule has 1 aromatic carbocycles. The van der Waals surface area contributed by atoms with Gasteiger partial charge < -0.3 is 14.6 Å². The molecule has 0 unspecified atom stereocenters. The van der Waals surface area contributed by atoms with Crippen LogP contribution in [0.4, 0.5) is 0 Å². The lowest BCUT2D eigenvalue weighted by atomic mass is 10.1. The Morgan fingerprint density at radius 1 is 1.21 bits per heavy atom. The predicted molar refractivity (Wildman–Crippen MR) is 72.2 cm³/mol. The maximum absolute atomic E-state index is 8.92. The van der Waals surface area contributed by atoms with Gasteiger partial charge in [-0.15, -0.1) is 0 Å². The number of methoxy groups -OCH3 is 1. The van der Waals surface area contributed by atoms with E-state index >= 15 is 0 Å². The number of aliphatic hydroxyl groups excluding tert-OH is 1. The van der Waals surface area contributed by atoms with Crippen LogP contribution in [-0.2, 0) is 13.2 Å². The van der Waals surface area contributed by atoms with Gasteiger partial charge in [0.25, 0.3) is 0 Å². The number of aromatic nitrogens is 1. The van der Waals surface area contributed by atoms with Crippen molar-refractivity contribution >= 4 is 0 Å². The molecule has 0 radical (unpaired) electrons. The third-order valence-electron chi connectivity index (χ3n) is 2.79. The average molecular weight is 259 g/mol. The van der Waals surface area contributed by atoms with Crippen LogP contribution in [0.25, 0.3) is 0 Å². The topological polar surface area (TPSA) is 51.6 Å². The van der Waals surface area contributed by atoms with Crippen LogP contribution in [0.1, 0.15) is 16.8 Å². The number of benzene rings is 1. The largest absolute Gasteiger partial charge is 0.496 e. The molecule has 0 saturated heterocycles. The molecule has 0 spiro atoms. The van der Waals surface area contributed by atoms with E-state index in [9.17, 15) is 0 Å². The molecule has 2 aromatic rings. The van der Waals surface area contributed by atoms with E-state index < -0.39 is 0 Å². The summed E-state index contributed by atoms with van der Waals surface area (Å²) in [5, 5.41) is 8.92. The van der Waals surface area contributed by atoms with Crippen LogP contribution in [0.15, 0.2) is 36.5 Å². The number of hydrogen-bond acceptors (Lipinski definition) is 4. The average Bonchev–Trinajstić information content (AvgIpc) is 2.46. The fraction of sp³-hybridized carbons (Fsp3) is 0.267. The summed E-state index contributed by atoms with van der Waals surface area (Å²) in [7, 11) is 1.64. The molecule has 2 rings (SSSR count). The van der Waals surface area contributed by atoms with Crippen molar-refractivity contribution in [1.29, 1.82) is 0 Å². The van der Waals surface area contributed by atoms with E-state index in [-0.39, 0.29) is 6.61 Å². The second-order valence-electron chi connectivity index (χ2n) is 4.25. The first kappa shape index (κ1) is 13.4.